The lowest BCUT2D eigenvalue weighted by Gasteiger charge is -1.95. The van der Waals surface area contributed by atoms with Crippen LogP contribution in [-0.4, -0.2) is 6.01 Å². The highest BCUT2D eigenvalue weighted by atomic mass is 14.8. The number of benzene rings is 2. The number of rotatable bonds is 4. The first kappa shape index (κ1) is 12.3. The summed E-state index contributed by atoms with van der Waals surface area (Å²) in [7, 11) is 0. The van der Waals surface area contributed by atoms with E-state index < -0.39 is 0 Å². The predicted octanol–water partition coefficient (Wildman–Crippen LogP) is 3.87. The lowest BCUT2D eigenvalue weighted by molar-refractivity contribution is 1.04. The zero-order valence-electron chi connectivity index (χ0n) is 10.5. The van der Waals surface area contributed by atoms with Gasteiger partial charge in [-0.25, -0.2) is 9.98 Å². The lowest BCUT2D eigenvalue weighted by Crippen LogP contribution is -1.81. The van der Waals surface area contributed by atoms with E-state index in [9.17, 15) is 0 Å². The summed E-state index contributed by atoms with van der Waals surface area (Å²) >= 11 is 0. The molecule has 2 rings (SSSR count). The molecular formula is C16H16N2. The zero-order chi connectivity index (χ0) is 12.6. The third-order valence-corrected chi connectivity index (χ3v) is 2.63. The van der Waals surface area contributed by atoms with Crippen LogP contribution < -0.4 is 0 Å². The predicted molar refractivity (Wildman–Crippen MR) is 74.9 cm³/mol. The van der Waals surface area contributed by atoms with Crippen LogP contribution in [0.15, 0.2) is 64.6 Å². The summed E-state index contributed by atoms with van der Waals surface area (Å²) in [4.78, 5) is 8.33. The van der Waals surface area contributed by atoms with Gasteiger partial charge in [0.25, 0.3) is 0 Å². The average molecular weight is 236 g/mol. The van der Waals surface area contributed by atoms with Crippen LogP contribution >= 0.6 is 0 Å². The number of hydrogen-bond acceptors (Lipinski definition) is 2. The van der Waals surface area contributed by atoms with Crippen molar-refractivity contribution in [3.8, 4) is 0 Å². The first-order valence-corrected chi connectivity index (χ1v) is 6.02. The summed E-state index contributed by atoms with van der Waals surface area (Å²) in [6.45, 7) is 3.35. The van der Waals surface area contributed by atoms with Crippen LogP contribution in [0.4, 0.5) is 0 Å². The van der Waals surface area contributed by atoms with Crippen molar-refractivity contribution >= 4 is 6.01 Å². The van der Waals surface area contributed by atoms with Crippen molar-refractivity contribution in [3.05, 3.63) is 71.3 Å². The Kier molecular flexibility index (Phi) is 4.46. The third-order valence-electron chi connectivity index (χ3n) is 2.63. The smallest absolute Gasteiger partial charge is 0.0899 e. The normalized spacial score (nSPS) is 9.61. The molecule has 90 valence electrons. The van der Waals surface area contributed by atoms with E-state index in [1.165, 1.54) is 16.7 Å². The van der Waals surface area contributed by atoms with Crippen molar-refractivity contribution in [1.29, 1.82) is 0 Å². The summed E-state index contributed by atoms with van der Waals surface area (Å²) in [6, 6.07) is 21.2. The summed E-state index contributed by atoms with van der Waals surface area (Å²) in [5, 5.41) is 0. The van der Waals surface area contributed by atoms with E-state index in [1.807, 2.05) is 30.3 Å². The van der Waals surface area contributed by atoms with Gasteiger partial charge in [-0.2, -0.15) is 0 Å². The van der Waals surface area contributed by atoms with Crippen molar-refractivity contribution in [1.82, 2.24) is 0 Å². The van der Waals surface area contributed by atoms with E-state index >= 15 is 0 Å². The third kappa shape index (κ3) is 4.00. The fourth-order valence-electron chi connectivity index (χ4n) is 1.58. The molecule has 0 aliphatic carbocycles. The molecule has 18 heavy (non-hydrogen) atoms. The van der Waals surface area contributed by atoms with Gasteiger partial charge in [0.05, 0.1) is 19.1 Å². The van der Waals surface area contributed by atoms with E-state index in [0.29, 0.717) is 13.1 Å². The van der Waals surface area contributed by atoms with Crippen LogP contribution in [0.5, 0.6) is 0 Å². The molecule has 2 aromatic carbocycles. The molecule has 2 heteroatoms. The molecule has 2 aromatic rings. The molecule has 0 heterocycles. The Morgan fingerprint density at radius 3 is 1.94 bits per heavy atom. The Balaban J connectivity index is 1.86. The van der Waals surface area contributed by atoms with Gasteiger partial charge >= 0.3 is 0 Å². The summed E-state index contributed by atoms with van der Waals surface area (Å²) in [5.74, 6) is 0. The van der Waals surface area contributed by atoms with Gasteiger partial charge in [0.2, 0.25) is 0 Å². The number of nitrogens with zero attached hydrogens (tertiary/aromatic N) is 2. The summed E-state index contributed by atoms with van der Waals surface area (Å²) in [5.41, 5.74) is 3.62. The van der Waals surface area contributed by atoms with Gasteiger partial charge in [0, 0.05) is 0 Å². The molecular weight excluding hydrogens is 220 g/mol. The van der Waals surface area contributed by atoms with Gasteiger partial charge in [-0.15, -0.1) is 0 Å². The molecule has 0 unspecified atom stereocenters. The molecule has 0 atom stereocenters. The van der Waals surface area contributed by atoms with Gasteiger partial charge in [0.15, 0.2) is 0 Å². The number of hydrogen-bond donors (Lipinski definition) is 0. The molecule has 0 radical (unpaired) electrons. The maximum Gasteiger partial charge on any atom is 0.0899 e. The molecule has 0 fully saturated rings. The molecule has 0 aromatic heterocycles. The number of aliphatic imine (C=N–C) groups is 2. The quantitative estimate of drug-likeness (QED) is 0.720. The van der Waals surface area contributed by atoms with Gasteiger partial charge in [0.1, 0.15) is 0 Å². The van der Waals surface area contributed by atoms with Crippen LogP contribution in [0.3, 0.4) is 0 Å². The molecule has 0 N–H and O–H groups in total. The Morgan fingerprint density at radius 1 is 0.778 bits per heavy atom. The Bertz CT molecular complexity index is 535. The zero-order valence-corrected chi connectivity index (χ0v) is 10.5. The van der Waals surface area contributed by atoms with Crippen LogP contribution in [0.2, 0.25) is 0 Å². The van der Waals surface area contributed by atoms with Gasteiger partial charge in [-0.3, -0.25) is 0 Å². The fourth-order valence-corrected chi connectivity index (χ4v) is 1.58. The molecule has 0 saturated heterocycles. The first-order valence-electron chi connectivity index (χ1n) is 6.02. The second-order valence-electron chi connectivity index (χ2n) is 4.20. The van der Waals surface area contributed by atoms with Crippen LogP contribution in [0.25, 0.3) is 0 Å². The molecule has 0 bridgehead atoms. The van der Waals surface area contributed by atoms with Gasteiger partial charge < -0.3 is 0 Å². The molecule has 0 amide bonds. The SMILES string of the molecule is Cc1ccc(CN=C=NCc2ccccc2)cc1. The van der Waals surface area contributed by atoms with Crippen molar-refractivity contribution < 1.29 is 0 Å². The van der Waals surface area contributed by atoms with Gasteiger partial charge in [-0.05, 0) is 18.1 Å². The second kappa shape index (κ2) is 6.53. The molecule has 0 aliphatic heterocycles. The van der Waals surface area contributed by atoms with E-state index in [1.54, 1.807) is 0 Å². The maximum absolute atomic E-state index is 4.17. The Morgan fingerprint density at radius 2 is 1.33 bits per heavy atom. The summed E-state index contributed by atoms with van der Waals surface area (Å²) < 4.78 is 0. The fraction of sp³-hybridized carbons (Fsp3) is 0.188. The maximum atomic E-state index is 4.17. The molecule has 0 spiro atoms. The Labute approximate surface area is 108 Å². The van der Waals surface area contributed by atoms with Crippen LogP contribution in [-0.2, 0) is 13.1 Å². The molecule has 2 nitrogen and oxygen atoms in total. The largest absolute Gasteiger partial charge is 0.221 e. The summed E-state index contributed by atoms with van der Waals surface area (Å²) in [6.07, 6.45) is 0. The molecule has 0 aliphatic rings. The minimum absolute atomic E-state index is 0.637. The van der Waals surface area contributed by atoms with E-state index in [4.69, 9.17) is 0 Å². The minimum atomic E-state index is 0.637. The Hall–Kier alpha value is -2.18. The van der Waals surface area contributed by atoms with Crippen molar-refractivity contribution in [2.24, 2.45) is 9.98 Å². The molecule has 0 saturated carbocycles. The average Bonchev–Trinajstić information content (AvgIpc) is 2.42. The van der Waals surface area contributed by atoms with E-state index in [2.05, 4.69) is 47.2 Å². The van der Waals surface area contributed by atoms with Crippen LogP contribution in [0, 0.1) is 6.92 Å². The monoisotopic (exact) mass is 236 g/mol. The number of aryl methyl sites for hydroxylation is 1. The standard InChI is InChI=1S/C16H16N2/c1-14-7-9-16(10-8-14)12-18-13-17-11-15-5-3-2-4-6-15/h2-10H,11-12H2,1H3. The van der Waals surface area contributed by atoms with Crippen molar-refractivity contribution in [2.75, 3.05) is 0 Å². The highest BCUT2D eigenvalue weighted by Crippen LogP contribution is 2.04. The highest BCUT2D eigenvalue weighted by molar-refractivity contribution is 5.42. The highest BCUT2D eigenvalue weighted by Gasteiger charge is 1.89. The van der Waals surface area contributed by atoms with Crippen molar-refractivity contribution in [3.63, 3.8) is 0 Å². The van der Waals surface area contributed by atoms with E-state index in [-0.39, 0.29) is 0 Å². The van der Waals surface area contributed by atoms with Gasteiger partial charge in [-0.1, -0.05) is 60.2 Å². The first-order chi connectivity index (χ1) is 8.84. The van der Waals surface area contributed by atoms with Crippen LogP contribution in [0.1, 0.15) is 16.7 Å². The second-order valence-corrected chi connectivity index (χ2v) is 4.20. The lowest BCUT2D eigenvalue weighted by atomic mass is 10.1. The van der Waals surface area contributed by atoms with Crippen molar-refractivity contribution in [2.45, 2.75) is 20.0 Å². The minimum Gasteiger partial charge on any atom is -0.221 e. The topological polar surface area (TPSA) is 24.7 Å². The van der Waals surface area contributed by atoms with E-state index in [0.717, 1.165) is 0 Å².